The number of carbonyl (C=O) groups is 3. The highest BCUT2D eigenvalue weighted by atomic mass is 19.3. The minimum Gasteiger partial charge on any atom is -0.378 e. The van der Waals surface area contributed by atoms with Gasteiger partial charge in [-0.05, 0) is 112 Å². The number of amides is 1. The van der Waals surface area contributed by atoms with E-state index in [0.29, 0.717) is 41.7 Å². The highest BCUT2D eigenvalue weighted by Crippen LogP contribution is 2.48. The van der Waals surface area contributed by atoms with E-state index in [2.05, 4.69) is 78.3 Å². The second-order valence-corrected chi connectivity index (χ2v) is 19.7. The van der Waals surface area contributed by atoms with E-state index in [-0.39, 0.29) is 28.7 Å². The second-order valence-electron chi connectivity index (χ2n) is 19.7. The number of nitrogens with two attached hydrogens (primary N) is 1. The number of rotatable bonds is 16. The monoisotopic (exact) mass is 918 g/mol. The predicted molar refractivity (Wildman–Crippen MR) is 248 cm³/mol. The molecule has 10 rings (SSSR count). The first-order chi connectivity index (χ1) is 32.6. The number of alkyl halides is 2. The standard InChI is InChI=1S/C27H32F2N4O3.C25H32N4O2/c28-25(29)26(35)32-15-23(34)20-13-30-24(31-14-20)12-27(7-2-8-27)21-4-1-3-19(11-21)18-5-9-33(10-6-18)22-16-36-17-22;26-13-23(30)20-14-27-24(28-15-20)12-25(7-2-8-25)21-4-1-3-19(11-21)18-5-9-29(10-6-18)22-16-31-17-22/h1,3-4,11,13-14,18,22,25H,2,5-10,12,15-17H2,(H,32,35);1,3-4,11,14-15,18,22H,2,5-10,12-13,16-17,26H2. The fourth-order valence-electron chi connectivity index (χ4n) is 10.9. The molecule has 0 bridgehead atoms. The van der Waals surface area contributed by atoms with Gasteiger partial charge >= 0.3 is 6.43 Å². The van der Waals surface area contributed by atoms with Crippen molar-refractivity contribution in [2.24, 2.45) is 5.73 Å². The van der Waals surface area contributed by atoms with Crippen LogP contribution < -0.4 is 11.1 Å². The van der Waals surface area contributed by atoms with Crippen LogP contribution in [0.4, 0.5) is 8.78 Å². The zero-order valence-corrected chi connectivity index (χ0v) is 38.4. The van der Waals surface area contributed by atoms with E-state index in [9.17, 15) is 23.2 Å². The Morgan fingerprint density at radius 2 is 1.07 bits per heavy atom. The Hall–Kier alpha value is -4.93. The van der Waals surface area contributed by atoms with Gasteiger partial charge in [0, 0.05) is 48.5 Å². The van der Waals surface area contributed by atoms with Crippen LogP contribution in [0, 0.1) is 0 Å². The predicted octanol–water partition coefficient (Wildman–Crippen LogP) is 6.14. The van der Waals surface area contributed by atoms with Crippen molar-refractivity contribution in [3.8, 4) is 0 Å². The number of carbonyl (C=O) groups excluding carboxylic acids is 3. The topological polar surface area (TPSA) is 166 Å². The Labute approximate surface area is 392 Å². The smallest absolute Gasteiger partial charge is 0.315 e. The average Bonchev–Trinajstić information content (AvgIpc) is 3.30. The third kappa shape index (κ3) is 10.9. The number of nitrogens with one attached hydrogen (secondary N) is 1. The Morgan fingerprint density at radius 1 is 0.657 bits per heavy atom. The average molecular weight is 919 g/mol. The van der Waals surface area contributed by atoms with Crippen molar-refractivity contribution < 1.29 is 32.6 Å². The molecule has 4 saturated heterocycles. The van der Waals surface area contributed by atoms with Crippen molar-refractivity contribution in [1.82, 2.24) is 35.1 Å². The lowest BCUT2D eigenvalue weighted by Gasteiger charge is -2.43. The number of ether oxygens (including phenoxy) is 2. The maximum absolute atomic E-state index is 12.3. The lowest BCUT2D eigenvalue weighted by Crippen LogP contribution is -2.51. The van der Waals surface area contributed by atoms with Crippen molar-refractivity contribution >= 4 is 17.5 Å². The van der Waals surface area contributed by atoms with Gasteiger partial charge in [-0.25, -0.2) is 19.9 Å². The zero-order valence-electron chi connectivity index (χ0n) is 38.4. The van der Waals surface area contributed by atoms with Gasteiger partial charge in [0.1, 0.15) is 11.6 Å². The number of hydrogen-bond acceptors (Lipinski definition) is 12. The lowest BCUT2D eigenvalue weighted by molar-refractivity contribution is -0.131. The number of aromatic nitrogens is 4. The van der Waals surface area contributed by atoms with Crippen LogP contribution in [0.5, 0.6) is 0 Å². The molecule has 4 aromatic rings. The highest BCUT2D eigenvalue weighted by molar-refractivity contribution is 5.99. The van der Waals surface area contributed by atoms with E-state index in [1.165, 1.54) is 92.7 Å². The van der Waals surface area contributed by atoms with Gasteiger partial charge in [0.05, 0.1) is 62.7 Å². The maximum atomic E-state index is 12.3. The quantitative estimate of drug-likeness (QED) is 0.124. The van der Waals surface area contributed by atoms with Crippen LogP contribution >= 0.6 is 0 Å². The van der Waals surface area contributed by atoms with Crippen molar-refractivity contribution in [1.29, 1.82) is 0 Å². The third-order valence-corrected chi connectivity index (χ3v) is 15.7. The Kier molecular flexibility index (Phi) is 14.9. The molecule has 4 aliphatic heterocycles. The summed E-state index contributed by atoms with van der Waals surface area (Å²) in [7, 11) is 0. The number of halogens is 2. The van der Waals surface area contributed by atoms with Crippen LogP contribution in [0.3, 0.4) is 0 Å². The molecule has 0 atom stereocenters. The van der Waals surface area contributed by atoms with Crippen LogP contribution in [0.25, 0.3) is 0 Å². The largest absolute Gasteiger partial charge is 0.378 e. The summed E-state index contributed by atoms with van der Waals surface area (Å²) in [6, 6.07) is 19.6. The third-order valence-electron chi connectivity index (χ3n) is 15.7. The fourth-order valence-corrected chi connectivity index (χ4v) is 10.9. The molecular weight excluding hydrogens is 855 g/mol. The van der Waals surface area contributed by atoms with Crippen LogP contribution in [0.2, 0.25) is 0 Å². The molecule has 2 aromatic heterocycles. The summed E-state index contributed by atoms with van der Waals surface area (Å²) in [5.74, 6) is 0.608. The van der Waals surface area contributed by atoms with Gasteiger partial charge in [-0.3, -0.25) is 24.2 Å². The van der Waals surface area contributed by atoms with E-state index in [1.54, 1.807) is 12.4 Å². The number of ketones is 2. The molecule has 0 spiro atoms. The van der Waals surface area contributed by atoms with Gasteiger partial charge in [0.25, 0.3) is 5.91 Å². The Bertz CT molecular complexity index is 2320. The maximum Gasteiger partial charge on any atom is 0.315 e. The van der Waals surface area contributed by atoms with E-state index >= 15 is 0 Å². The van der Waals surface area contributed by atoms with Crippen molar-refractivity contribution in [2.75, 3.05) is 65.7 Å². The molecule has 3 N–H and O–H groups in total. The molecule has 15 heteroatoms. The van der Waals surface area contributed by atoms with E-state index in [4.69, 9.17) is 15.2 Å². The molecule has 2 saturated carbocycles. The minimum absolute atomic E-state index is 0.00323. The van der Waals surface area contributed by atoms with Gasteiger partial charge in [-0.1, -0.05) is 61.4 Å². The van der Waals surface area contributed by atoms with Crippen LogP contribution in [-0.4, -0.2) is 131 Å². The lowest BCUT2D eigenvalue weighted by atomic mass is 9.62. The summed E-state index contributed by atoms with van der Waals surface area (Å²) in [6.45, 7) is 7.65. The number of nitrogens with zero attached hydrogens (tertiary/aromatic N) is 6. The van der Waals surface area contributed by atoms with Gasteiger partial charge in [-0.2, -0.15) is 8.78 Å². The van der Waals surface area contributed by atoms with Crippen LogP contribution in [0.1, 0.15) is 131 Å². The number of hydrogen-bond donors (Lipinski definition) is 2. The van der Waals surface area contributed by atoms with Crippen molar-refractivity contribution in [3.63, 3.8) is 0 Å². The summed E-state index contributed by atoms with van der Waals surface area (Å²) >= 11 is 0. The minimum atomic E-state index is -3.15. The first-order valence-electron chi connectivity index (χ1n) is 24.4. The molecule has 0 radical (unpaired) electrons. The number of benzene rings is 2. The fraction of sp³-hybridized carbons (Fsp3) is 0.558. The molecule has 2 aliphatic carbocycles. The number of piperidine rings is 2. The van der Waals surface area contributed by atoms with Crippen molar-refractivity contribution in [3.05, 3.63) is 118 Å². The molecule has 356 valence electrons. The van der Waals surface area contributed by atoms with Crippen LogP contribution in [-0.2, 0) is 37.9 Å². The molecule has 0 unspecified atom stereocenters. The van der Waals surface area contributed by atoms with E-state index in [1.807, 2.05) is 5.32 Å². The first-order valence-corrected chi connectivity index (χ1v) is 24.4. The summed E-state index contributed by atoms with van der Waals surface area (Å²) < 4.78 is 35.3. The molecular formula is C52H64F2N8O5. The first kappa shape index (κ1) is 47.1. The number of Topliss-reactive ketones (excluding diaryl/α,β-unsaturated/α-hetero) is 2. The molecule has 67 heavy (non-hydrogen) atoms. The summed E-state index contributed by atoms with van der Waals surface area (Å²) in [5.41, 5.74) is 11.9. The van der Waals surface area contributed by atoms with Gasteiger partial charge in [0.2, 0.25) is 0 Å². The highest BCUT2D eigenvalue weighted by Gasteiger charge is 2.42. The normalized spacial score (nSPS) is 21.2. The zero-order chi connectivity index (χ0) is 46.4. The van der Waals surface area contributed by atoms with Gasteiger partial charge in [0.15, 0.2) is 11.6 Å². The number of likely N-dealkylation sites (tertiary alicyclic amines) is 2. The van der Waals surface area contributed by atoms with E-state index < -0.39 is 24.7 Å². The molecule has 6 fully saturated rings. The van der Waals surface area contributed by atoms with Crippen LogP contribution in [0.15, 0.2) is 73.3 Å². The Morgan fingerprint density at radius 3 is 1.42 bits per heavy atom. The molecule has 6 heterocycles. The van der Waals surface area contributed by atoms with E-state index in [0.717, 1.165) is 71.0 Å². The molecule has 13 nitrogen and oxygen atoms in total. The SMILES string of the molecule is NCC(=O)c1cnc(CC2(c3cccc(C4CCN(C5COC5)CC4)c3)CCC2)nc1.O=C(CNC(=O)C(F)F)c1cnc(CC2(c3cccc(C4CCN(C5COC5)CC4)c3)CCC2)nc1. The summed E-state index contributed by atoms with van der Waals surface area (Å²) in [4.78, 5) is 57.9. The Balaban J connectivity index is 0.000000170. The second kappa shape index (κ2) is 21.2. The summed E-state index contributed by atoms with van der Waals surface area (Å²) in [5, 5.41) is 1.92. The van der Waals surface area contributed by atoms with Gasteiger partial charge < -0.3 is 20.5 Å². The molecule has 2 aromatic carbocycles. The summed E-state index contributed by atoms with van der Waals surface area (Å²) in [6.07, 6.45) is 16.1. The molecule has 1 amide bonds. The van der Waals surface area contributed by atoms with Gasteiger partial charge in [-0.15, -0.1) is 0 Å². The van der Waals surface area contributed by atoms with Crippen molar-refractivity contribution in [2.45, 2.75) is 118 Å². The molecule has 6 aliphatic rings.